The van der Waals surface area contributed by atoms with E-state index in [1.165, 1.54) is 30.7 Å². The number of nitrogen functional groups attached to an aromatic ring is 3. The number of hydrogen-bond acceptors (Lipinski definition) is 26. The van der Waals surface area contributed by atoms with Gasteiger partial charge in [-0.05, 0) is 143 Å². The normalized spacial score (nSPS) is 13.8. The van der Waals surface area contributed by atoms with E-state index in [9.17, 15) is 19.5 Å². The van der Waals surface area contributed by atoms with Gasteiger partial charge in [-0.3, -0.25) is 4.79 Å². The van der Waals surface area contributed by atoms with E-state index in [-0.39, 0.29) is 72.8 Å². The number of rotatable bonds is 18. The Morgan fingerprint density at radius 3 is 1.24 bits per heavy atom. The van der Waals surface area contributed by atoms with Gasteiger partial charge in [-0.2, -0.15) is 43.8 Å². The molecule has 35 heteroatoms. The number of fused-ring (bicyclic) bond motifs is 9. The number of aliphatic carboxylic acids is 1. The zero-order valence-electron chi connectivity index (χ0n) is 61.4. The quantitative estimate of drug-likeness (QED) is 0.0397. The Balaban J connectivity index is 0.000000157. The summed E-state index contributed by atoms with van der Waals surface area (Å²) in [6.07, 6.45) is 9.43. The number of benzene rings is 4. The van der Waals surface area contributed by atoms with Crippen LogP contribution in [0.1, 0.15) is 68.5 Å². The summed E-state index contributed by atoms with van der Waals surface area (Å²) in [7, 11) is 1.65. The number of methoxy groups -OCH3 is 1. The number of aryl methyl sites for hydroxylation is 3. The molecule has 564 valence electrons. The van der Waals surface area contributed by atoms with E-state index in [1.54, 1.807) is 111 Å². The van der Waals surface area contributed by atoms with Crippen molar-refractivity contribution in [1.29, 1.82) is 0 Å². The molecule has 0 spiro atoms. The number of nitrogens with zero attached hydrogens (tertiary/aromatic N) is 20. The van der Waals surface area contributed by atoms with Gasteiger partial charge in [0.2, 0.25) is 35.3 Å². The van der Waals surface area contributed by atoms with Crippen LogP contribution in [0.15, 0.2) is 184 Å². The molecule has 1 amide bonds. The van der Waals surface area contributed by atoms with Gasteiger partial charge in [-0.25, -0.2) is 38.6 Å². The summed E-state index contributed by atoms with van der Waals surface area (Å²) in [4.78, 5) is 72.1. The molecule has 0 saturated carbocycles. The summed E-state index contributed by atoms with van der Waals surface area (Å²) < 4.78 is 41.4. The topological polar surface area (TPSA) is 436 Å². The molecular formula is C76H78N23NaO11. The molecule has 1 saturated heterocycles. The van der Waals surface area contributed by atoms with Crippen molar-refractivity contribution in [3.8, 4) is 40.5 Å². The van der Waals surface area contributed by atoms with Crippen LogP contribution in [0.4, 0.5) is 23.5 Å². The number of ether oxygens (including phenoxy) is 3. The van der Waals surface area contributed by atoms with Crippen LogP contribution in [-0.2, 0) is 40.5 Å². The first kappa shape index (κ1) is 77.7. The van der Waals surface area contributed by atoms with E-state index < -0.39 is 28.6 Å². The second-order valence-electron chi connectivity index (χ2n) is 26.0. The van der Waals surface area contributed by atoms with Crippen LogP contribution >= 0.6 is 0 Å². The second-order valence-corrected chi connectivity index (χ2v) is 26.0. The third-order valence-electron chi connectivity index (χ3n) is 19.4. The molecule has 8 N–H and O–H groups in total. The van der Waals surface area contributed by atoms with Crippen LogP contribution in [0.25, 0.3) is 84.8 Å². The number of hydrogen-bond donors (Lipinski definition) is 4. The molecule has 0 aliphatic carbocycles. The van der Waals surface area contributed by atoms with E-state index >= 15 is 0 Å². The number of furan rings is 3. The summed E-state index contributed by atoms with van der Waals surface area (Å²) in [6.45, 7) is 16.5. The van der Waals surface area contributed by atoms with Gasteiger partial charge in [0.25, 0.3) is 5.91 Å². The monoisotopic (exact) mass is 1510 g/mol. The fourth-order valence-corrected chi connectivity index (χ4v) is 13.8. The molecule has 16 aromatic rings. The first-order chi connectivity index (χ1) is 52.2. The molecule has 0 bridgehead atoms. The molecule has 3 unspecified atom stereocenters. The smallest absolute Gasteiger partial charge is 0.870 e. The molecule has 111 heavy (non-hydrogen) atoms. The Kier molecular flexibility index (Phi) is 22.0. The minimum absolute atomic E-state index is 0. The van der Waals surface area contributed by atoms with E-state index in [0.717, 1.165) is 39.3 Å². The fourth-order valence-electron chi connectivity index (χ4n) is 13.8. The number of carbonyl (C=O) groups is 3. The zero-order valence-corrected chi connectivity index (χ0v) is 63.4. The van der Waals surface area contributed by atoms with Gasteiger partial charge in [-0.15, -0.1) is 15.3 Å². The number of carboxylic acid groups (broad SMARTS) is 1. The Morgan fingerprint density at radius 2 is 0.874 bits per heavy atom. The third-order valence-corrected chi connectivity index (χ3v) is 19.4. The van der Waals surface area contributed by atoms with Crippen molar-refractivity contribution in [3.05, 3.63) is 204 Å². The standard InChI is InChI=1S/C33H35N9O4.C22H21N7O3.C20H17N7O3.CH4.Na.H2O/c1-22-7-4-5-8-26(22)33(2,31(43)40-16-14-39(15-17-40)23-10-12-24(13-11-23)45-20-19-44-3)42-30-25(21-35-42)29-36-28(27-9-6-18-46-27)38-41(29)32(34)37-30;1-4-31-20(30)22(3,15-9-6-5-8-13(15)2)29-19-14(12-24-29)18-25-17(16-10-7-11-32-16)27-28(18)21(23)26-19;1-11-6-3-4-7-13(11)20(2,18(28)29)27-17-12(10-22-27)16-23-15(14-8-5-9-30-14)25-26(16)19(21)24-17;;;/h4-13,18,21H,14-17,19-20H2,1-3H3,(H2,34,37);5-12H,4H2,1-3H3,(H2,23,26);3-10H,1-2H3,(H2,21,24)(H,28,29);1H4;;1H2/q;;;;+1;/p-1. The summed E-state index contributed by atoms with van der Waals surface area (Å²) in [5, 5.41) is 38.9. The van der Waals surface area contributed by atoms with Crippen LogP contribution in [-0.4, -0.2) is 175 Å². The fraction of sp³-hybridized carbons (Fsp3) is 0.250. The van der Waals surface area contributed by atoms with Crippen molar-refractivity contribution in [2.75, 3.05) is 75.2 Å². The van der Waals surface area contributed by atoms with Crippen LogP contribution < -0.4 is 56.4 Å². The molecule has 34 nitrogen and oxygen atoms in total. The van der Waals surface area contributed by atoms with E-state index in [4.69, 9.17) is 59.7 Å². The number of aromatic nitrogens is 18. The summed E-state index contributed by atoms with van der Waals surface area (Å²) in [5.41, 5.74) is 23.2. The minimum Gasteiger partial charge on any atom is -0.870 e. The molecule has 17 rings (SSSR count). The van der Waals surface area contributed by atoms with Gasteiger partial charge in [0, 0.05) is 39.0 Å². The van der Waals surface area contributed by atoms with Crippen molar-refractivity contribution >= 4 is 91.4 Å². The predicted molar refractivity (Wildman–Crippen MR) is 406 cm³/mol. The number of carbonyl (C=O) groups excluding carboxylic acids is 2. The van der Waals surface area contributed by atoms with Crippen LogP contribution in [0.2, 0.25) is 0 Å². The maximum Gasteiger partial charge on any atom is 1.00 e. The van der Waals surface area contributed by atoms with Crippen LogP contribution in [0.3, 0.4) is 0 Å². The van der Waals surface area contributed by atoms with Crippen molar-refractivity contribution in [1.82, 2.24) is 93.0 Å². The summed E-state index contributed by atoms with van der Waals surface area (Å²) in [6, 6.07) is 41.3. The van der Waals surface area contributed by atoms with Crippen LogP contribution in [0, 0.1) is 20.8 Å². The summed E-state index contributed by atoms with van der Waals surface area (Å²) >= 11 is 0. The number of nitrogens with two attached hydrogens (primary N) is 3. The summed E-state index contributed by atoms with van der Waals surface area (Å²) in [5.74, 6) is 2.07. The predicted octanol–water partition coefficient (Wildman–Crippen LogP) is 6.65. The number of piperazine rings is 1. The maximum absolute atomic E-state index is 14.8. The third kappa shape index (κ3) is 13.6. The molecule has 12 aromatic heterocycles. The van der Waals surface area contributed by atoms with Gasteiger partial charge in [-0.1, -0.05) is 80.2 Å². The molecule has 1 fully saturated rings. The zero-order chi connectivity index (χ0) is 75.3. The van der Waals surface area contributed by atoms with Crippen molar-refractivity contribution in [2.45, 2.75) is 72.5 Å². The number of anilines is 4. The first-order valence-corrected chi connectivity index (χ1v) is 34.4. The SMILES string of the molecule is C.CCOC(=O)C(C)(c1ccccc1C)n1ncc2c1nc(N)n1nc(-c3ccco3)nc21.COCCOc1ccc(N2CCN(C(=O)C(C)(c3ccccc3C)n3ncc4c3nc(N)n3nc(-c5ccco5)nc43)CC2)cc1.Cc1ccccc1C(C)(C(=O)O)n1ncc2c1nc(N)n1nc(-c3ccco3)nc21.[Na+].[OH-]. The Hall–Kier alpha value is -12.9. The van der Waals surface area contributed by atoms with E-state index in [1.807, 2.05) is 118 Å². The van der Waals surface area contributed by atoms with E-state index in [0.29, 0.717) is 130 Å². The Morgan fingerprint density at radius 1 is 0.495 bits per heavy atom. The second kappa shape index (κ2) is 31.4. The van der Waals surface area contributed by atoms with Gasteiger partial charge in [0.1, 0.15) is 12.4 Å². The maximum atomic E-state index is 14.8. The van der Waals surface area contributed by atoms with E-state index in [2.05, 4.69) is 50.3 Å². The first-order valence-electron chi connectivity index (χ1n) is 34.4. The van der Waals surface area contributed by atoms with Gasteiger partial charge < -0.3 is 65.0 Å². The number of amides is 1. The minimum atomic E-state index is -1.51. The van der Waals surface area contributed by atoms with Crippen molar-refractivity contribution in [2.24, 2.45) is 0 Å². The van der Waals surface area contributed by atoms with Crippen LogP contribution in [0.5, 0.6) is 5.75 Å². The number of esters is 1. The Bertz CT molecular complexity index is 6020. The average molecular weight is 1510 g/mol. The van der Waals surface area contributed by atoms with Gasteiger partial charge in [0.05, 0.1) is 66.8 Å². The van der Waals surface area contributed by atoms with Crippen molar-refractivity contribution in [3.63, 3.8) is 0 Å². The molecular weight excluding hydrogens is 1430 g/mol. The van der Waals surface area contributed by atoms with Gasteiger partial charge in [0.15, 0.2) is 67.8 Å². The Labute approximate surface area is 655 Å². The molecule has 0 radical (unpaired) electrons. The van der Waals surface area contributed by atoms with Gasteiger partial charge >= 0.3 is 41.5 Å². The average Bonchev–Trinajstić information content (AvgIpc) is 1.61. The largest absolute Gasteiger partial charge is 1.00 e. The van der Waals surface area contributed by atoms with Crippen molar-refractivity contribution < 1.29 is 82.0 Å². The molecule has 4 aromatic carbocycles. The number of carboxylic acids is 1. The molecule has 13 heterocycles. The molecule has 1 aliphatic rings. The molecule has 1 aliphatic heterocycles. The molecule has 3 atom stereocenters.